The van der Waals surface area contributed by atoms with Crippen LogP contribution in [0.3, 0.4) is 0 Å². The van der Waals surface area contributed by atoms with Gasteiger partial charge in [-0.25, -0.2) is 0 Å². The van der Waals surface area contributed by atoms with Crippen LogP contribution in [0.4, 0.5) is 0 Å². The Labute approximate surface area is 167 Å². The number of hydrogen-bond donors (Lipinski definition) is 0. The van der Waals surface area contributed by atoms with E-state index in [1.165, 1.54) is 5.56 Å². The zero-order valence-corrected chi connectivity index (χ0v) is 16.9. The third-order valence-corrected chi connectivity index (χ3v) is 6.36. The van der Waals surface area contributed by atoms with Crippen LogP contribution in [0, 0.1) is 10.5 Å². The number of rotatable bonds is 3. The summed E-state index contributed by atoms with van der Waals surface area (Å²) in [6.45, 7) is 6.48. The highest BCUT2D eigenvalue weighted by molar-refractivity contribution is 14.1. The Bertz CT molecular complexity index is 832. The molecule has 5 nitrogen and oxygen atoms in total. The molecule has 0 aromatic heterocycles. The fourth-order valence-corrected chi connectivity index (χ4v) is 3.98. The fourth-order valence-electron chi connectivity index (χ4n) is 3.39. The van der Waals surface area contributed by atoms with E-state index in [-0.39, 0.29) is 5.91 Å². The number of ether oxygens (including phenoxy) is 2. The molecule has 0 atom stereocenters. The van der Waals surface area contributed by atoms with Crippen LogP contribution in [-0.2, 0) is 6.54 Å². The minimum Gasteiger partial charge on any atom is -0.454 e. The second-order valence-electron chi connectivity index (χ2n) is 6.69. The molecule has 0 spiro atoms. The van der Waals surface area contributed by atoms with Crippen molar-refractivity contribution in [2.75, 3.05) is 33.0 Å². The van der Waals surface area contributed by atoms with Gasteiger partial charge in [-0.1, -0.05) is 18.2 Å². The first-order chi connectivity index (χ1) is 12.6. The van der Waals surface area contributed by atoms with E-state index in [2.05, 4.69) is 39.6 Å². The van der Waals surface area contributed by atoms with Crippen LogP contribution >= 0.6 is 22.6 Å². The summed E-state index contributed by atoms with van der Waals surface area (Å²) >= 11 is 2.27. The number of benzene rings is 2. The van der Waals surface area contributed by atoms with E-state index < -0.39 is 0 Å². The van der Waals surface area contributed by atoms with Crippen LogP contribution in [-0.4, -0.2) is 48.7 Å². The molecule has 6 heteroatoms. The van der Waals surface area contributed by atoms with Crippen molar-refractivity contribution in [2.45, 2.75) is 13.5 Å². The molecule has 0 bridgehead atoms. The molecule has 0 radical (unpaired) electrons. The number of piperazine rings is 1. The Hall–Kier alpha value is -1.80. The minimum absolute atomic E-state index is 0.140. The highest BCUT2D eigenvalue weighted by Crippen LogP contribution is 2.32. The maximum Gasteiger partial charge on any atom is 0.255 e. The van der Waals surface area contributed by atoms with Gasteiger partial charge in [-0.15, -0.1) is 0 Å². The summed E-state index contributed by atoms with van der Waals surface area (Å²) < 4.78 is 11.9. The van der Waals surface area contributed by atoms with Crippen LogP contribution in [0.2, 0.25) is 0 Å². The molecule has 4 rings (SSSR count). The minimum atomic E-state index is 0.140. The number of carbonyl (C=O) groups excluding carboxylic acids is 1. The van der Waals surface area contributed by atoms with Gasteiger partial charge in [0.1, 0.15) is 0 Å². The Kier molecular flexibility index (Phi) is 5.04. The molecule has 0 aliphatic carbocycles. The second-order valence-corrected chi connectivity index (χ2v) is 7.77. The first kappa shape index (κ1) is 17.6. The third kappa shape index (κ3) is 3.53. The van der Waals surface area contributed by atoms with Gasteiger partial charge in [-0.2, -0.15) is 0 Å². The summed E-state index contributed by atoms with van der Waals surface area (Å²) in [5, 5.41) is 0. The number of aryl methyl sites for hydroxylation is 1. The lowest BCUT2D eigenvalue weighted by atomic mass is 10.1. The van der Waals surface area contributed by atoms with Gasteiger partial charge in [-0.05, 0) is 58.8 Å². The highest BCUT2D eigenvalue weighted by Gasteiger charge is 2.24. The Morgan fingerprint density at radius 2 is 1.85 bits per heavy atom. The third-order valence-electron chi connectivity index (χ3n) is 4.92. The Morgan fingerprint density at radius 1 is 1.08 bits per heavy atom. The molecule has 1 amide bonds. The van der Waals surface area contributed by atoms with Crippen molar-refractivity contribution < 1.29 is 14.3 Å². The summed E-state index contributed by atoms with van der Waals surface area (Å²) in [7, 11) is 0. The maximum atomic E-state index is 12.8. The normalized spacial score (nSPS) is 16.8. The molecule has 0 unspecified atom stereocenters. The first-order valence-electron chi connectivity index (χ1n) is 8.77. The van der Waals surface area contributed by atoms with Crippen molar-refractivity contribution in [1.29, 1.82) is 0 Å². The average Bonchev–Trinajstić information content (AvgIpc) is 3.12. The van der Waals surface area contributed by atoms with Crippen molar-refractivity contribution >= 4 is 28.5 Å². The number of hydrogen-bond acceptors (Lipinski definition) is 4. The van der Waals surface area contributed by atoms with Gasteiger partial charge in [0, 0.05) is 36.3 Å². The Morgan fingerprint density at radius 3 is 2.65 bits per heavy atom. The molecule has 0 N–H and O–H groups in total. The highest BCUT2D eigenvalue weighted by atomic mass is 127. The molecule has 2 aliphatic rings. The van der Waals surface area contributed by atoms with E-state index in [1.807, 2.05) is 36.1 Å². The molecular weight excluding hydrogens is 443 g/mol. The molecule has 1 fully saturated rings. The van der Waals surface area contributed by atoms with Crippen LogP contribution in [0.5, 0.6) is 11.5 Å². The standard InChI is InChI=1S/C20H21IN2O3/c1-14-3-2-4-16(19(14)21)20(24)23-9-7-22(8-10-23)12-15-5-6-17-18(11-15)26-13-25-17/h2-6,11H,7-10,12-13H2,1H3. The van der Waals surface area contributed by atoms with E-state index in [1.54, 1.807) is 0 Å². The van der Waals surface area contributed by atoms with Gasteiger partial charge in [0.2, 0.25) is 6.79 Å². The molecule has 2 heterocycles. The lowest BCUT2D eigenvalue weighted by Crippen LogP contribution is -2.48. The molecule has 2 aliphatic heterocycles. The fraction of sp³-hybridized carbons (Fsp3) is 0.350. The van der Waals surface area contributed by atoms with Gasteiger partial charge in [0.25, 0.3) is 5.91 Å². The SMILES string of the molecule is Cc1cccc(C(=O)N2CCN(Cc3ccc4c(c3)OCO4)CC2)c1I. The summed E-state index contributed by atoms with van der Waals surface area (Å²) in [5.41, 5.74) is 3.18. The van der Waals surface area contributed by atoms with Gasteiger partial charge in [0.15, 0.2) is 11.5 Å². The zero-order valence-electron chi connectivity index (χ0n) is 14.7. The van der Waals surface area contributed by atoms with Crippen LogP contribution in [0.1, 0.15) is 21.5 Å². The molecule has 2 aromatic rings. The zero-order chi connectivity index (χ0) is 18.1. The van der Waals surface area contributed by atoms with Crippen LogP contribution in [0.15, 0.2) is 36.4 Å². The van der Waals surface area contributed by atoms with E-state index >= 15 is 0 Å². The van der Waals surface area contributed by atoms with Gasteiger partial charge >= 0.3 is 0 Å². The first-order valence-corrected chi connectivity index (χ1v) is 9.85. The molecular formula is C20H21IN2O3. The molecule has 26 heavy (non-hydrogen) atoms. The smallest absolute Gasteiger partial charge is 0.255 e. The number of amides is 1. The largest absolute Gasteiger partial charge is 0.454 e. The quantitative estimate of drug-likeness (QED) is 0.655. The predicted octanol–water partition coefficient (Wildman–Crippen LogP) is 3.29. The number of halogens is 1. The lowest BCUT2D eigenvalue weighted by Gasteiger charge is -2.35. The van der Waals surface area contributed by atoms with Gasteiger partial charge in [0.05, 0.1) is 5.56 Å². The topological polar surface area (TPSA) is 42.0 Å². The monoisotopic (exact) mass is 464 g/mol. The second kappa shape index (κ2) is 7.44. The van der Waals surface area contributed by atoms with E-state index in [4.69, 9.17) is 9.47 Å². The number of nitrogens with zero attached hydrogens (tertiary/aromatic N) is 2. The average molecular weight is 464 g/mol. The molecule has 0 saturated carbocycles. The van der Waals surface area contributed by atoms with Crippen molar-refractivity contribution in [1.82, 2.24) is 9.80 Å². The van der Waals surface area contributed by atoms with Crippen molar-refractivity contribution in [3.63, 3.8) is 0 Å². The van der Waals surface area contributed by atoms with Crippen LogP contribution in [0.25, 0.3) is 0 Å². The summed E-state index contributed by atoms with van der Waals surface area (Å²) in [4.78, 5) is 17.2. The van der Waals surface area contributed by atoms with Crippen molar-refractivity contribution in [3.05, 3.63) is 56.7 Å². The van der Waals surface area contributed by atoms with E-state index in [0.717, 1.165) is 58.9 Å². The van der Waals surface area contributed by atoms with E-state index in [9.17, 15) is 4.79 Å². The predicted molar refractivity (Wildman–Crippen MR) is 108 cm³/mol. The Balaban J connectivity index is 1.37. The number of carbonyl (C=O) groups is 1. The summed E-state index contributed by atoms with van der Waals surface area (Å²) in [6, 6.07) is 12.0. The maximum absolute atomic E-state index is 12.8. The van der Waals surface area contributed by atoms with Crippen molar-refractivity contribution in [3.8, 4) is 11.5 Å². The summed E-state index contributed by atoms with van der Waals surface area (Å²) in [6.07, 6.45) is 0. The molecule has 136 valence electrons. The van der Waals surface area contributed by atoms with Crippen LogP contribution < -0.4 is 9.47 Å². The summed E-state index contributed by atoms with van der Waals surface area (Å²) in [5.74, 6) is 1.78. The van der Waals surface area contributed by atoms with Gasteiger partial charge < -0.3 is 14.4 Å². The molecule has 1 saturated heterocycles. The van der Waals surface area contributed by atoms with E-state index in [0.29, 0.717) is 6.79 Å². The number of fused-ring (bicyclic) bond motifs is 1. The van der Waals surface area contributed by atoms with Crippen molar-refractivity contribution in [2.24, 2.45) is 0 Å². The molecule has 2 aromatic carbocycles. The van der Waals surface area contributed by atoms with Gasteiger partial charge in [-0.3, -0.25) is 9.69 Å². The lowest BCUT2D eigenvalue weighted by molar-refractivity contribution is 0.0627.